The van der Waals surface area contributed by atoms with E-state index in [0.29, 0.717) is 31.6 Å². The highest BCUT2D eigenvalue weighted by atomic mass is 35.5. The van der Waals surface area contributed by atoms with Crippen LogP contribution in [0.15, 0.2) is 35.0 Å². The maximum Gasteiger partial charge on any atom is 0.342 e. The van der Waals surface area contributed by atoms with Crippen molar-refractivity contribution < 1.29 is 29.4 Å². The summed E-state index contributed by atoms with van der Waals surface area (Å²) in [7, 11) is 0. The fourth-order valence-electron chi connectivity index (χ4n) is 4.00. The smallest absolute Gasteiger partial charge is 0.342 e. The lowest BCUT2D eigenvalue weighted by atomic mass is 9.98. The number of likely N-dealkylation sites (N-methyl/N-ethyl adjacent to an activating group) is 1. The molecule has 1 atom stereocenters. The Morgan fingerprint density at radius 3 is 2.61 bits per heavy atom. The normalized spacial score (nSPS) is 20.5. The quantitative estimate of drug-likeness (QED) is 0.277. The van der Waals surface area contributed by atoms with Gasteiger partial charge in [0.05, 0.1) is 10.7 Å². The summed E-state index contributed by atoms with van der Waals surface area (Å²) in [6.45, 7) is 8.60. The molecule has 1 unspecified atom stereocenters. The van der Waals surface area contributed by atoms with E-state index < -0.39 is 11.7 Å². The second-order valence-corrected chi connectivity index (χ2v) is 9.11. The van der Waals surface area contributed by atoms with Gasteiger partial charge in [0, 0.05) is 32.0 Å². The van der Waals surface area contributed by atoms with Crippen LogP contribution in [0.2, 0.25) is 5.02 Å². The Labute approximate surface area is 218 Å². The molecule has 2 rings (SSSR count). The highest BCUT2D eigenvalue weighted by molar-refractivity contribution is 6.33. The number of carbonyl (C=O) groups excluding carboxylic acids is 2. The average molecular weight is 521 g/mol. The van der Waals surface area contributed by atoms with Gasteiger partial charge in [0.15, 0.2) is 6.61 Å². The molecule has 0 aromatic heterocycles. The van der Waals surface area contributed by atoms with Crippen molar-refractivity contribution in [2.75, 3.05) is 19.7 Å². The van der Waals surface area contributed by atoms with Crippen molar-refractivity contribution in [3.05, 3.63) is 46.0 Å². The Hall–Kier alpha value is -3.00. The van der Waals surface area contributed by atoms with Gasteiger partial charge in [-0.15, -0.1) is 0 Å². The van der Waals surface area contributed by atoms with Gasteiger partial charge in [0.25, 0.3) is 5.91 Å². The number of amides is 1. The van der Waals surface area contributed by atoms with E-state index in [1.165, 1.54) is 0 Å². The third-order valence-corrected chi connectivity index (χ3v) is 6.36. The summed E-state index contributed by atoms with van der Waals surface area (Å²) in [5.74, 6) is -1.73. The molecule has 0 saturated heterocycles. The topological polar surface area (TPSA) is 109 Å². The predicted octanol–water partition coefficient (Wildman–Crippen LogP) is 5.55. The van der Waals surface area contributed by atoms with E-state index in [0.717, 1.165) is 30.9 Å². The fourth-order valence-corrected chi connectivity index (χ4v) is 4.21. The third-order valence-electron chi connectivity index (χ3n) is 5.94. The van der Waals surface area contributed by atoms with Crippen molar-refractivity contribution in [1.29, 1.82) is 0 Å². The van der Waals surface area contributed by atoms with Crippen LogP contribution in [-0.2, 0) is 20.8 Å². The van der Waals surface area contributed by atoms with Gasteiger partial charge in [0.1, 0.15) is 23.2 Å². The summed E-state index contributed by atoms with van der Waals surface area (Å²) in [6.07, 6.45) is 9.06. The summed E-state index contributed by atoms with van der Waals surface area (Å²) < 4.78 is 5.73. The Morgan fingerprint density at radius 1 is 1.22 bits per heavy atom. The van der Waals surface area contributed by atoms with Crippen molar-refractivity contribution in [1.82, 2.24) is 4.90 Å². The monoisotopic (exact) mass is 520 g/mol. The number of benzene rings is 1. The number of phenolic OH excluding ortho intramolecular Hbond substituents is 2. The van der Waals surface area contributed by atoms with Crippen LogP contribution in [0.3, 0.4) is 0 Å². The number of rotatable bonds is 7. The van der Waals surface area contributed by atoms with Gasteiger partial charge in [-0.1, -0.05) is 47.8 Å². The Bertz CT molecular complexity index is 1010. The number of nitrogens with zero attached hydrogens (tertiary/aromatic N) is 2. The van der Waals surface area contributed by atoms with Gasteiger partial charge in [-0.3, -0.25) is 4.79 Å². The van der Waals surface area contributed by atoms with E-state index >= 15 is 0 Å². The number of ether oxygens (including phenoxy) is 1. The molecule has 1 heterocycles. The first kappa shape index (κ1) is 29.2. The lowest BCUT2D eigenvalue weighted by molar-refractivity contribution is -0.135. The summed E-state index contributed by atoms with van der Waals surface area (Å²) >= 11 is 6.41. The minimum Gasteiger partial charge on any atom is -0.507 e. The summed E-state index contributed by atoms with van der Waals surface area (Å²) in [5, 5.41) is 24.9. The van der Waals surface area contributed by atoms with Crippen molar-refractivity contribution in [3.63, 3.8) is 0 Å². The van der Waals surface area contributed by atoms with Crippen LogP contribution in [0.25, 0.3) is 0 Å². The minimum atomic E-state index is -0.731. The van der Waals surface area contributed by atoms with Crippen LogP contribution in [0.5, 0.6) is 11.5 Å². The molecular formula is C27H37ClN2O6. The summed E-state index contributed by atoms with van der Waals surface area (Å²) in [5.41, 5.74) is 1.43. The van der Waals surface area contributed by atoms with E-state index in [4.69, 9.17) is 21.2 Å². The van der Waals surface area contributed by atoms with Gasteiger partial charge in [-0.05, 0) is 51.7 Å². The number of carbonyl (C=O) groups is 2. The number of oxime groups is 1. The zero-order valence-electron chi connectivity index (χ0n) is 21.6. The zero-order valence-corrected chi connectivity index (χ0v) is 22.3. The van der Waals surface area contributed by atoms with Crippen molar-refractivity contribution in [2.45, 2.75) is 72.3 Å². The van der Waals surface area contributed by atoms with E-state index in [2.05, 4.69) is 11.2 Å². The number of phenols is 2. The molecule has 0 spiro atoms. The van der Waals surface area contributed by atoms with Crippen LogP contribution in [0.1, 0.15) is 75.7 Å². The summed E-state index contributed by atoms with van der Waals surface area (Å²) in [4.78, 5) is 32.5. The van der Waals surface area contributed by atoms with Crippen LogP contribution in [0.4, 0.5) is 0 Å². The Balaban J connectivity index is 2.51. The largest absolute Gasteiger partial charge is 0.507 e. The maximum atomic E-state index is 13.2. The SMILES string of the molecule is CCCC1C/C=C/CC/C(C)=C/C(=N\OCC(=O)N(CC)CC)Cc2c(Cl)c(O)cc(O)c2C(=O)O1. The van der Waals surface area contributed by atoms with E-state index in [1.54, 1.807) is 11.0 Å². The molecule has 0 bridgehead atoms. The molecule has 2 N–H and O–H groups in total. The average Bonchev–Trinajstić information content (AvgIpc) is 2.82. The van der Waals surface area contributed by atoms with E-state index in [1.807, 2.05) is 33.8 Å². The molecule has 0 fully saturated rings. The number of cyclic esters (lactones) is 1. The highest BCUT2D eigenvalue weighted by Gasteiger charge is 2.26. The molecule has 9 heteroatoms. The maximum absolute atomic E-state index is 13.2. The molecule has 0 radical (unpaired) electrons. The molecule has 0 aliphatic carbocycles. The third kappa shape index (κ3) is 8.29. The lowest BCUT2D eigenvalue weighted by Gasteiger charge is -2.19. The van der Waals surface area contributed by atoms with Gasteiger partial charge >= 0.3 is 5.97 Å². The molecule has 1 aliphatic rings. The number of allylic oxidation sites excluding steroid dienone is 3. The van der Waals surface area contributed by atoms with Gasteiger partial charge in [0.2, 0.25) is 0 Å². The fraction of sp³-hybridized carbons (Fsp3) is 0.519. The lowest BCUT2D eigenvalue weighted by Crippen LogP contribution is -2.33. The minimum absolute atomic E-state index is 0.0314. The van der Waals surface area contributed by atoms with Crippen molar-refractivity contribution >= 4 is 29.2 Å². The second-order valence-electron chi connectivity index (χ2n) is 8.73. The number of esters is 1. The van der Waals surface area contributed by atoms with E-state index in [9.17, 15) is 19.8 Å². The number of halogens is 1. The molecule has 1 aromatic carbocycles. The zero-order chi connectivity index (χ0) is 26.7. The van der Waals surface area contributed by atoms with Crippen LogP contribution < -0.4 is 0 Å². The summed E-state index contributed by atoms with van der Waals surface area (Å²) in [6, 6.07) is 1.03. The molecule has 36 heavy (non-hydrogen) atoms. The van der Waals surface area contributed by atoms with Crippen molar-refractivity contribution in [3.8, 4) is 11.5 Å². The van der Waals surface area contributed by atoms with Gasteiger partial charge in [-0.25, -0.2) is 4.79 Å². The molecular weight excluding hydrogens is 484 g/mol. The Kier molecular flexibility index (Phi) is 11.8. The predicted molar refractivity (Wildman–Crippen MR) is 141 cm³/mol. The molecule has 1 aromatic rings. The van der Waals surface area contributed by atoms with Crippen LogP contribution in [-0.4, -0.2) is 58.5 Å². The standard InChI is InChI=1S/C27H37ClN2O6/c1-5-11-20-13-10-8-9-12-18(4)14-19(29-35-17-24(33)30(6-2)7-3)15-21-25(27(34)36-20)22(31)16-23(32)26(21)28/h8,10,14,16,20,31-32H,5-7,9,11-13,15,17H2,1-4H3/b10-8+,18-14+,29-19+. The number of hydrogen-bond acceptors (Lipinski definition) is 7. The number of hydrogen-bond donors (Lipinski definition) is 2. The first-order valence-electron chi connectivity index (χ1n) is 12.4. The Morgan fingerprint density at radius 2 is 1.94 bits per heavy atom. The molecule has 198 valence electrons. The molecule has 1 aliphatic heterocycles. The molecule has 8 nitrogen and oxygen atoms in total. The number of fused-ring (bicyclic) bond motifs is 1. The molecule has 0 saturated carbocycles. The second kappa shape index (κ2) is 14.5. The van der Waals surface area contributed by atoms with Crippen LogP contribution >= 0.6 is 11.6 Å². The first-order valence-corrected chi connectivity index (χ1v) is 12.8. The van der Waals surface area contributed by atoms with Gasteiger partial charge in [-0.2, -0.15) is 0 Å². The molecule has 1 amide bonds. The van der Waals surface area contributed by atoms with Gasteiger partial charge < -0.3 is 24.7 Å². The van der Waals surface area contributed by atoms with E-state index in [-0.39, 0.29) is 46.9 Å². The first-order chi connectivity index (χ1) is 17.2. The highest BCUT2D eigenvalue weighted by Crippen LogP contribution is 2.37. The van der Waals surface area contributed by atoms with Crippen LogP contribution in [0, 0.1) is 0 Å². The number of aromatic hydroxyl groups is 2. The van der Waals surface area contributed by atoms with Crippen molar-refractivity contribution in [2.24, 2.45) is 5.16 Å².